The molecule has 0 saturated heterocycles. The highest BCUT2D eigenvalue weighted by atomic mass is 16.6. The SMILES string of the molecule is CCOC(=O)[C@H]1[C@@H]2CCCC[C@@]21O[C@H](C)C[C@@H](C)O. The van der Waals surface area contributed by atoms with Gasteiger partial charge in [-0.2, -0.15) is 0 Å². The van der Waals surface area contributed by atoms with Crippen LogP contribution in [0.4, 0.5) is 0 Å². The second-order valence-corrected chi connectivity index (χ2v) is 6.05. The van der Waals surface area contributed by atoms with Crippen LogP contribution < -0.4 is 0 Å². The monoisotopic (exact) mass is 270 g/mol. The molecule has 2 aliphatic rings. The summed E-state index contributed by atoms with van der Waals surface area (Å²) in [6.45, 7) is 6.02. The number of carbonyl (C=O) groups is 1. The number of rotatable bonds is 6. The van der Waals surface area contributed by atoms with Crippen molar-refractivity contribution in [3.63, 3.8) is 0 Å². The van der Waals surface area contributed by atoms with Crippen molar-refractivity contribution in [2.75, 3.05) is 6.61 Å². The van der Waals surface area contributed by atoms with Crippen LogP contribution >= 0.6 is 0 Å². The van der Waals surface area contributed by atoms with Crippen LogP contribution in [0.5, 0.6) is 0 Å². The van der Waals surface area contributed by atoms with E-state index in [-0.39, 0.29) is 29.7 Å². The molecule has 2 aliphatic carbocycles. The third-order valence-electron chi connectivity index (χ3n) is 4.41. The van der Waals surface area contributed by atoms with Gasteiger partial charge in [-0.3, -0.25) is 4.79 Å². The topological polar surface area (TPSA) is 55.8 Å². The molecule has 19 heavy (non-hydrogen) atoms. The molecule has 0 spiro atoms. The average molecular weight is 270 g/mol. The Kier molecular flexibility index (Phi) is 4.51. The van der Waals surface area contributed by atoms with Crippen LogP contribution in [0.2, 0.25) is 0 Å². The number of hydrogen-bond donors (Lipinski definition) is 1. The van der Waals surface area contributed by atoms with E-state index in [9.17, 15) is 9.90 Å². The number of esters is 1. The number of hydrogen-bond acceptors (Lipinski definition) is 4. The Morgan fingerprint density at radius 2 is 2.16 bits per heavy atom. The molecule has 0 aliphatic heterocycles. The predicted molar refractivity (Wildman–Crippen MR) is 71.7 cm³/mol. The van der Waals surface area contributed by atoms with Crippen molar-refractivity contribution in [1.82, 2.24) is 0 Å². The number of fused-ring (bicyclic) bond motifs is 1. The second-order valence-electron chi connectivity index (χ2n) is 6.05. The van der Waals surface area contributed by atoms with Crippen molar-refractivity contribution >= 4 is 5.97 Å². The van der Waals surface area contributed by atoms with E-state index in [1.54, 1.807) is 6.92 Å². The summed E-state index contributed by atoms with van der Waals surface area (Å²) in [5.41, 5.74) is -0.293. The molecule has 0 heterocycles. The highest BCUT2D eigenvalue weighted by molar-refractivity contribution is 5.79. The minimum atomic E-state index is -0.367. The minimum absolute atomic E-state index is 0.0139. The first-order chi connectivity index (χ1) is 9.01. The lowest BCUT2D eigenvalue weighted by atomic mass is 9.97. The molecule has 5 atom stereocenters. The van der Waals surface area contributed by atoms with Gasteiger partial charge in [0.15, 0.2) is 0 Å². The Hall–Kier alpha value is -0.610. The van der Waals surface area contributed by atoms with Gasteiger partial charge in [0.25, 0.3) is 0 Å². The Morgan fingerprint density at radius 3 is 2.79 bits per heavy atom. The Morgan fingerprint density at radius 1 is 1.42 bits per heavy atom. The molecule has 4 nitrogen and oxygen atoms in total. The third-order valence-corrected chi connectivity index (χ3v) is 4.41. The van der Waals surface area contributed by atoms with Gasteiger partial charge < -0.3 is 14.6 Å². The van der Waals surface area contributed by atoms with Crippen LogP contribution in [0.3, 0.4) is 0 Å². The molecular formula is C15H26O4. The molecule has 2 saturated carbocycles. The predicted octanol–water partition coefficient (Wildman–Crippen LogP) is 2.28. The molecule has 0 aromatic carbocycles. The third kappa shape index (κ3) is 2.95. The van der Waals surface area contributed by atoms with Crippen LogP contribution in [-0.4, -0.2) is 35.5 Å². The number of carbonyl (C=O) groups excluding carboxylic acids is 1. The Balaban J connectivity index is 2.00. The molecule has 0 aromatic heterocycles. The summed E-state index contributed by atoms with van der Waals surface area (Å²) in [4.78, 5) is 12.0. The van der Waals surface area contributed by atoms with E-state index in [0.29, 0.717) is 18.9 Å². The van der Waals surface area contributed by atoms with Gasteiger partial charge in [0.2, 0.25) is 0 Å². The zero-order valence-electron chi connectivity index (χ0n) is 12.2. The van der Waals surface area contributed by atoms with Crippen LogP contribution in [0.1, 0.15) is 52.9 Å². The summed E-state index contributed by atoms with van der Waals surface area (Å²) in [6, 6.07) is 0. The quantitative estimate of drug-likeness (QED) is 0.752. The number of ether oxygens (including phenoxy) is 2. The average Bonchev–Trinajstić information content (AvgIpc) is 2.95. The molecule has 2 rings (SSSR count). The van der Waals surface area contributed by atoms with Crippen molar-refractivity contribution in [2.24, 2.45) is 11.8 Å². The van der Waals surface area contributed by atoms with E-state index >= 15 is 0 Å². The van der Waals surface area contributed by atoms with E-state index < -0.39 is 0 Å². The van der Waals surface area contributed by atoms with Gasteiger partial charge in [-0.05, 0) is 40.0 Å². The maximum atomic E-state index is 12.0. The summed E-state index contributed by atoms with van der Waals surface area (Å²) in [5.74, 6) is 0.154. The summed E-state index contributed by atoms with van der Waals surface area (Å²) in [5, 5.41) is 9.44. The Labute approximate surface area is 115 Å². The van der Waals surface area contributed by atoms with Crippen LogP contribution in [0.25, 0.3) is 0 Å². The van der Waals surface area contributed by atoms with Crippen molar-refractivity contribution in [3.8, 4) is 0 Å². The molecular weight excluding hydrogens is 244 g/mol. The smallest absolute Gasteiger partial charge is 0.312 e. The van der Waals surface area contributed by atoms with Crippen LogP contribution in [0, 0.1) is 11.8 Å². The maximum absolute atomic E-state index is 12.0. The van der Waals surface area contributed by atoms with Crippen molar-refractivity contribution in [3.05, 3.63) is 0 Å². The highest BCUT2D eigenvalue weighted by Crippen LogP contribution is 2.62. The lowest BCUT2D eigenvalue weighted by Crippen LogP contribution is -2.30. The largest absolute Gasteiger partial charge is 0.466 e. The van der Waals surface area contributed by atoms with Gasteiger partial charge in [-0.1, -0.05) is 12.8 Å². The first-order valence-corrected chi connectivity index (χ1v) is 7.53. The zero-order valence-corrected chi connectivity index (χ0v) is 12.2. The van der Waals surface area contributed by atoms with Crippen molar-refractivity contribution in [1.29, 1.82) is 0 Å². The molecule has 110 valence electrons. The zero-order chi connectivity index (χ0) is 14.0. The molecule has 4 heteroatoms. The van der Waals surface area contributed by atoms with E-state index in [2.05, 4.69) is 0 Å². The normalized spacial score (nSPS) is 36.2. The fourth-order valence-corrected chi connectivity index (χ4v) is 3.73. The molecule has 0 radical (unpaired) electrons. The van der Waals surface area contributed by atoms with Gasteiger partial charge in [-0.15, -0.1) is 0 Å². The molecule has 1 N–H and O–H groups in total. The van der Waals surface area contributed by atoms with E-state index in [0.717, 1.165) is 19.3 Å². The van der Waals surface area contributed by atoms with E-state index in [1.165, 1.54) is 6.42 Å². The standard InChI is InChI=1S/C15H26O4/c1-4-18-14(17)13-12-7-5-6-8-15(12,13)19-11(3)9-10(2)16/h10-13,16H,4-9H2,1-3H3/t10-,11-,12+,13-,15-/m1/s1. The van der Waals surface area contributed by atoms with Gasteiger partial charge in [-0.25, -0.2) is 0 Å². The van der Waals surface area contributed by atoms with Gasteiger partial charge in [0.1, 0.15) is 0 Å². The summed E-state index contributed by atoms with van der Waals surface area (Å²) < 4.78 is 11.4. The lowest BCUT2D eigenvalue weighted by molar-refractivity contribution is -0.148. The molecule has 2 fully saturated rings. The van der Waals surface area contributed by atoms with Crippen LogP contribution in [0.15, 0.2) is 0 Å². The van der Waals surface area contributed by atoms with E-state index in [1.807, 2.05) is 13.8 Å². The minimum Gasteiger partial charge on any atom is -0.466 e. The first kappa shape index (κ1) is 14.8. The van der Waals surface area contributed by atoms with Crippen molar-refractivity contribution < 1.29 is 19.4 Å². The van der Waals surface area contributed by atoms with Gasteiger partial charge >= 0.3 is 5.97 Å². The first-order valence-electron chi connectivity index (χ1n) is 7.53. The second kappa shape index (κ2) is 5.80. The van der Waals surface area contributed by atoms with Gasteiger partial charge in [0.05, 0.1) is 30.3 Å². The lowest BCUT2D eigenvalue weighted by Gasteiger charge is -2.27. The highest BCUT2D eigenvalue weighted by Gasteiger charge is 2.70. The fourth-order valence-electron chi connectivity index (χ4n) is 3.73. The summed E-state index contributed by atoms with van der Waals surface area (Å²) >= 11 is 0. The molecule has 0 aromatic rings. The van der Waals surface area contributed by atoms with Gasteiger partial charge in [0, 0.05) is 5.92 Å². The Bertz CT molecular complexity index is 328. The maximum Gasteiger partial charge on any atom is 0.312 e. The number of aliphatic hydroxyl groups is 1. The summed E-state index contributed by atoms with van der Waals surface area (Å²) in [6.07, 6.45) is 4.54. The summed E-state index contributed by atoms with van der Waals surface area (Å²) in [7, 11) is 0. The molecule has 0 amide bonds. The molecule has 0 unspecified atom stereocenters. The number of aliphatic hydroxyl groups excluding tert-OH is 1. The van der Waals surface area contributed by atoms with Crippen molar-refractivity contribution in [2.45, 2.75) is 70.7 Å². The van der Waals surface area contributed by atoms with Crippen LogP contribution in [-0.2, 0) is 14.3 Å². The fraction of sp³-hybridized carbons (Fsp3) is 0.933. The van der Waals surface area contributed by atoms with E-state index in [4.69, 9.17) is 9.47 Å². The molecule has 0 bridgehead atoms.